The summed E-state index contributed by atoms with van der Waals surface area (Å²) >= 11 is 1.62. The van der Waals surface area contributed by atoms with Crippen LogP contribution >= 0.6 is 11.3 Å². The van der Waals surface area contributed by atoms with Crippen LogP contribution in [0.3, 0.4) is 0 Å². The number of ether oxygens (including phenoxy) is 2. The van der Waals surface area contributed by atoms with Gasteiger partial charge in [-0.3, -0.25) is 9.78 Å². The number of pyridine rings is 1. The number of nitrogens with zero attached hydrogens (tertiary/aromatic N) is 3. The van der Waals surface area contributed by atoms with Crippen LogP contribution in [0.1, 0.15) is 17.5 Å². The van der Waals surface area contributed by atoms with Gasteiger partial charge in [0.25, 0.3) is 5.56 Å². The molecule has 0 bridgehead atoms. The maximum atomic E-state index is 13.0. The highest BCUT2D eigenvalue weighted by molar-refractivity contribution is 7.17. The van der Waals surface area contributed by atoms with E-state index in [-0.39, 0.29) is 24.4 Å². The van der Waals surface area contributed by atoms with E-state index >= 15 is 0 Å². The number of aromatic nitrogens is 3. The molecule has 2 aromatic carbocycles. The summed E-state index contributed by atoms with van der Waals surface area (Å²) in [5.41, 5.74) is 2.75. The largest absolute Gasteiger partial charge is 0.488 e. The van der Waals surface area contributed by atoms with Gasteiger partial charge in [-0.2, -0.15) is 0 Å². The van der Waals surface area contributed by atoms with Crippen molar-refractivity contribution in [1.29, 1.82) is 0 Å². The maximum Gasteiger partial charge on any atom is 0.410 e. The average Bonchev–Trinajstić information content (AvgIpc) is 3.58. The maximum absolute atomic E-state index is 13.0. The molecule has 5 aromatic rings. The van der Waals surface area contributed by atoms with E-state index in [1.54, 1.807) is 28.5 Å². The molecule has 1 aliphatic rings. The van der Waals surface area contributed by atoms with E-state index in [9.17, 15) is 9.59 Å². The van der Waals surface area contributed by atoms with Crippen molar-refractivity contribution in [1.82, 2.24) is 19.9 Å². The number of benzene rings is 2. The summed E-state index contributed by atoms with van der Waals surface area (Å²) in [5.74, 6) is 1.01. The zero-order valence-corrected chi connectivity index (χ0v) is 21.0. The molecule has 6 rings (SSSR count). The van der Waals surface area contributed by atoms with Crippen LogP contribution in [0.5, 0.6) is 5.75 Å². The smallest absolute Gasteiger partial charge is 0.410 e. The summed E-state index contributed by atoms with van der Waals surface area (Å²) in [6.07, 6.45) is 1.93. The lowest BCUT2D eigenvalue weighted by atomic mass is 10.1. The van der Waals surface area contributed by atoms with Gasteiger partial charge < -0.3 is 19.4 Å². The molecule has 186 valence electrons. The van der Waals surface area contributed by atoms with E-state index in [1.165, 1.54) is 0 Å². The van der Waals surface area contributed by atoms with Crippen LogP contribution < -0.4 is 10.3 Å². The molecule has 1 aliphatic heterocycles. The summed E-state index contributed by atoms with van der Waals surface area (Å²) in [7, 11) is 0. The molecular formula is C28H24N4O4S. The summed E-state index contributed by atoms with van der Waals surface area (Å²) in [5, 5.41) is 3.52. The van der Waals surface area contributed by atoms with Gasteiger partial charge in [-0.15, -0.1) is 11.3 Å². The van der Waals surface area contributed by atoms with Gasteiger partial charge in [0.1, 0.15) is 24.2 Å². The minimum atomic E-state index is -0.354. The van der Waals surface area contributed by atoms with Gasteiger partial charge in [-0.05, 0) is 47.7 Å². The van der Waals surface area contributed by atoms with Crippen molar-refractivity contribution < 1.29 is 14.3 Å². The lowest BCUT2D eigenvalue weighted by Crippen LogP contribution is -2.31. The van der Waals surface area contributed by atoms with E-state index in [2.05, 4.69) is 9.97 Å². The second-order valence-corrected chi connectivity index (χ2v) is 10.0. The van der Waals surface area contributed by atoms with E-state index < -0.39 is 0 Å². The van der Waals surface area contributed by atoms with Crippen molar-refractivity contribution in [3.63, 3.8) is 0 Å². The Morgan fingerprint density at radius 1 is 1.19 bits per heavy atom. The number of carbonyl (C=O) groups excluding carboxylic acids is 1. The molecule has 1 atom stereocenters. The number of hydrogen-bond donors (Lipinski definition) is 1. The Morgan fingerprint density at radius 2 is 2.05 bits per heavy atom. The van der Waals surface area contributed by atoms with Crippen molar-refractivity contribution >= 4 is 38.4 Å². The summed E-state index contributed by atoms with van der Waals surface area (Å²) in [6, 6.07) is 17.1. The molecule has 0 radical (unpaired) electrons. The van der Waals surface area contributed by atoms with Crippen molar-refractivity contribution in [2.24, 2.45) is 0 Å². The molecular weight excluding hydrogens is 488 g/mol. The quantitative estimate of drug-likeness (QED) is 0.343. The minimum absolute atomic E-state index is 0.186. The van der Waals surface area contributed by atoms with Gasteiger partial charge in [0, 0.05) is 29.2 Å². The summed E-state index contributed by atoms with van der Waals surface area (Å²) in [6.45, 7) is 3.12. The number of amides is 1. The number of aromatic amines is 1. The number of H-pyrrole nitrogens is 1. The highest BCUT2D eigenvalue weighted by Gasteiger charge is 2.29. The molecule has 8 nitrogen and oxygen atoms in total. The number of likely N-dealkylation sites (tertiary alicyclic amines) is 1. The molecule has 1 unspecified atom stereocenters. The van der Waals surface area contributed by atoms with Crippen LogP contribution in [0.2, 0.25) is 0 Å². The molecule has 0 saturated carbocycles. The Kier molecular flexibility index (Phi) is 6.05. The van der Waals surface area contributed by atoms with Gasteiger partial charge in [0.15, 0.2) is 5.82 Å². The van der Waals surface area contributed by atoms with Crippen molar-refractivity contribution in [3.8, 4) is 17.3 Å². The number of nitrogens with one attached hydrogen (secondary N) is 1. The number of hydrogen-bond acceptors (Lipinski definition) is 7. The third-order valence-electron chi connectivity index (χ3n) is 6.47. The van der Waals surface area contributed by atoms with Crippen LogP contribution in [-0.2, 0) is 11.3 Å². The number of thiophene rings is 1. The first kappa shape index (κ1) is 23.2. The first-order chi connectivity index (χ1) is 18.0. The fourth-order valence-electron chi connectivity index (χ4n) is 4.55. The average molecular weight is 513 g/mol. The first-order valence-corrected chi connectivity index (χ1v) is 12.9. The Labute approximate surface area is 216 Å². The van der Waals surface area contributed by atoms with Crippen molar-refractivity contribution in [2.75, 3.05) is 13.1 Å². The van der Waals surface area contributed by atoms with Gasteiger partial charge in [-0.1, -0.05) is 30.3 Å². The van der Waals surface area contributed by atoms with Gasteiger partial charge in [0.2, 0.25) is 0 Å². The van der Waals surface area contributed by atoms with E-state index in [4.69, 9.17) is 14.5 Å². The molecule has 0 spiro atoms. The molecule has 3 aromatic heterocycles. The van der Waals surface area contributed by atoms with E-state index in [0.29, 0.717) is 47.7 Å². The van der Waals surface area contributed by atoms with Crippen molar-refractivity contribution in [2.45, 2.75) is 26.1 Å². The zero-order valence-electron chi connectivity index (χ0n) is 20.1. The predicted molar refractivity (Wildman–Crippen MR) is 143 cm³/mol. The minimum Gasteiger partial charge on any atom is -0.488 e. The van der Waals surface area contributed by atoms with Crippen LogP contribution in [0.25, 0.3) is 32.5 Å². The van der Waals surface area contributed by atoms with Crippen LogP contribution in [-0.4, -0.2) is 45.1 Å². The molecule has 1 amide bonds. The third kappa shape index (κ3) is 4.77. The molecule has 4 heterocycles. The second-order valence-electron chi connectivity index (χ2n) is 9.09. The van der Waals surface area contributed by atoms with Gasteiger partial charge >= 0.3 is 6.09 Å². The highest BCUT2D eigenvalue weighted by Crippen LogP contribution is 2.27. The zero-order chi connectivity index (χ0) is 25.4. The number of rotatable bonds is 5. The lowest BCUT2D eigenvalue weighted by Gasteiger charge is -2.17. The lowest BCUT2D eigenvalue weighted by molar-refractivity contribution is 0.0991. The predicted octanol–water partition coefficient (Wildman–Crippen LogP) is 5.30. The Balaban J connectivity index is 1.17. The summed E-state index contributed by atoms with van der Waals surface area (Å²) in [4.78, 5) is 39.2. The van der Waals surface area contributed by atoms with E-state index in [0.717, 1.165) is 21.2 Å². The molecule has 9 heteroatoms. The van der Waals surface area contributed by atoms with Crippen molar-refractivity contribution in [3.05, 3.63) is 87.7 Å². The standard InChI is InChI=1S/C28H24N4O4S/c1-17-11-21(36-20-7-9-32(15-20)28(34)35-16-18-5-3-2-4-6-18)12-22-25(17)30-26(31-27(22)33)23-13-24-19(14-29-23)8-10-37-24/h2-6,8,10-14,20H,7,9,15-16H2,1H3,(H,30,31,33). The normalized spacial score (nSPS) is 15.4. The summed E-state index contributed by atoms with van der Waals surface area (Å²) < 4.78 is 12.7. The molecule has 1 saturated heterocycles. The van der Waals surface area contributed by atoms with E-state index in [1.807, 2.05) is 60.8 Å². The molecule has 1 fully saturated rings. The highest BCUT2D eigenvalue weighted by atomic mass is 32.1. The fraction of sp³-hybridized carbons (Fsp3) is 0.214. The Hall–Kier alpha value is -4.24. The molecule has 1 N–H and O–H groups in total. The fourth-order valence-corrected chi connectivity index (χ4v) is 5.35. The molecule has 0 aliphatic carbocycles. The SMILES string of the molecule is Cc1cc(OC2CCN(C(=O)OCc3ccccc3)C2)cc2c(=O)[nH]c(-c3cc4sccc4cn3)nc12. The van der Waals surface area contributed by atoms with Crippen LogP contribution in [0, 0.1) is 6.92 Å². The first-order valence-electron chi connectivity index (χ1n) is 12.0. The van der Waals surface area contributed by atoms with Gasteiger partial charge in [0.05, 0.1) is 17.4 Å². The molecule has 37 heavy (non-hydrogen) atoms. The van der Waals surface area contributed by atoms with Crippen LogP contribution in [0.4, 0.5) is 4.79 Å². The Morgan fingerprint density at radius 3 is 2.92 bits per heavy atom. The van der Waals surface area contributed by atoms with Crippen LogP contribution in [0.15, 0.2) is 71.0 Å². The monoisotopic (exact) mass is 512 g/mol. The number of carbonyl (C=O) groups is 1. The second kappa shape index (κ2) is 9.67. The Bertz CT molecular complexity index is 1660. The number of aryl methyl sites for hydroxylation is 1. The van der Waals surface area contributed by atoms with Gasteiger partial charge in [-0.25, -0.2) is 9.78 Å². The topological polar surface area (TPSA) is 97.4 Å². The number of fused-ring (bicyclic) bond motifs is 2. The third-order valence-corrected chi connectivity index (χ3v) is 7.35.